The molecule has 0 radical (unpaired) electrons. The lowest BCUT2D eigenvalue weighted by atomic mass is 10.3. The molecule has 0 unspecified atom stereocenters. The van der Waals surface area contributed by atoms with Crippen LogP contribution >= 0.6 is 23.2 Å². The van der Waals surface area contributed by atoms with E-state index in [0.29, 0.717) is 5.88 Å². The quantitative estimate of drug-likeness (QED) is 0.537. The Kier molecular flexibility index (Phi) is 6.14. The Hall–Kier alpha value is -0.770. The first-order valence-electron chi connectivity index (χ1n) is 7.05. The van der Waals surface area contributed by atoms with Crippen molar-refractivity contribution in [3.05, 3.63) is 29.0 Å². The van der Waals surface area contributed by atoms with E-state index in [1.165, 1.54) is 0 Å². The zero-order valence-electron chi connectivity index (χ0n) is 11.7. The minimum atomic E-state index is 0.563. The van der Waals surface area contributed by atoms with Gasteiger partial charge in [-0.3, -0.25) is 0 Å². The van der Waals surface area contributed by atoms with Crippen molar-refractivity contribution in [3.63, 3.8) is 0 Å². The fraction of sp³-hybridized carbons (Fsp3) is 0.533. The van der Waals surface area contributed by atoms with Crippen molar-refractivity contribution in [1.82, 2.24) is 9.55 Å². The normalized spacial score (nSPS) is 11.3. The molecule has 1 aromatic heterocycles. The molecule has 0 aliphatic rings. The van der Waals surface area contributed by atoms with Crippen LogP contribution in [-0.2, 0) is 17.7 Å². The zero-order valence-corrected chi connectivity index (χ0v) is 13.3. The van der Waals surface area contributed by atoms with Crippen LogP contribution in [0.3, 0.4) is 0 Å². The van der Waals surface area contributed by atoms with E-state index in [9.17, 15) is 0 Å². The van der Waals surface area contributed by atoms with Gasteiger partial charge in [-0.2, -0.15) is 0 Å². The van der Waals surface area contributed by atoms with Gasteiger partial charge in [0.05, 0.1) is 16.1 Å². The number of aromatic nitrogens is 2. The number of ether oxygens (including phenoxy) is 1. The van der Waals surface area contributed by atoms with Gasteiger partial charge in [0.2, 0.25) is 0 Å². The molecule has 0 spiro atoms. The molecule has 0 aliphatic heterocycles. The minimum absolute atomic E-state index is 0.563. The van der Waals surface area contributed by atoms with Crippen LogP contribution in [0, 0.1) is 0 Å². The Morgan fingerprint density at radius 2 is 2.15 bits per heavy atom. The van der Waals surface area contributed by atoms with Gasteiger partial charge in [0.15, 0.2) is 0 Å². The number of imidazole rings is 1. The van der Waals surface area contributed by atoms with Crippen LogP contribution in [0.5, 0.6) is 0 Å². The Labute approximate surface area is 129 Å². The van der Waals surface area contributed by atoms with Crippen molar-refractivity contribution < 1.29 is 4.74 Å². The first kappa shape index (κ1) is 15.6. The summed E-state index contributed by atoms with van der Waals surface area (Å²) in [5.74, 6) is 1.56. The van der Waals surface area contributed by atoms with E-state index in [1.807, 2.05) is 18.2 Å². The van der Waals surface area contributed by atoms with Gasteiger partial charge >= 0.3 is 0 Å². The average molecular weight is 315 g/mol. The highest BCUT2D eigenvalue weighted by Crippen LogP contribution is 2.25. The number of fused-ring (bicyclic) bond motifs is 1. The predicted octanol–water partition coefficient (Wildman–Crippen LogP) is 4.29. The second-order valence-corrected chi connectivity index (χ2v) is 5.48. The monoisotopic (exact) mass is 314 g/mol. The summed E-state index contributed by atoms with van der Waals surface area (Å²) in [6, 6.07) is 5.82. The number of nitrogens with zero attached hydrogens (tertiary/aromatic N) is 2. The average Bonchev–Trinajstić information content (AvgIpc) is 2.78. The first-order chi connectivity index (χ1) is 9.77. The van der Waals surface area contributed by atoms with E-state index in [0.717, 1.165) is 60.9 Å². The van der Waals surface area contributed by atoms with E-state index >= 15 is 0 Å². The van der Waals surface area contributed by atoms with E-state index in [4.69, 9.17) is 27.9 Å². The summed E-state index contributed by atoms with van der Waals surface area (Å²) in [6.45, 7) is 4.55. The number of aryl methyl sites for hydroxylation is 2. The summed E-state index contributed by atoms with van der Waals surface area (Å²) < 4.78 is 7.71. The number of alkyl halides is 1. The van der Waals surface area contributed by atoms with Gasteiger partial charge in [-0.25, -0.2) is 4.98 Å². The molecule has 0 saturated carbocycles. The number of hydrogen-bond acceptors (Lipinski definition) is 2. The van der Waals surface area contributed by atoms with Gasteiger partial charge in [0, 0.05) is 32.1 Å². The molecular formula is C15H20Cl2N2O. The SMILES string of the molecule is CCCOCCCn1c(CCCl)nc2cccc(Cl)c21. The van der Waals surface area contributed by atoms with Crippen LogP contribution in [0.15, 0.2) is 18.2 Å². The maximum Gasteiger partial charge on any atom is 0.111 e. The zero-order chi connectivity index (χ0) is 14.4. The van der Waals surface area contributed by atoms with Gasteiger partial charge < -0.3 is 9.30 Å². The van der Waals surface area contributed by atoms with Gasteiger partial charge in [0.25, 0.3) is 0 Å². The molecule has 1 heterocycles. The number of para-hydroxylation sites is 1. The highest BCUT2D eigenvalue weighted by atomic mass is 35.5. The lowest BCUT2D eigenvalue weighted by Gasteiger charge is -2.09. The van der Waals surface area contributed by atoms with E-state index in [2.05, 4.69) is 16.5 Å². The maximum atomic E-state index is 6.31. The lowest BCUT2D eigenvalue weighted by Crippen LogP contribution is -2.08. The summed E-state index contributed by atoms with van der Waals surface area (Å²) in [5, 5.41) is 0.741. The van der Waals surface area contributed by atoms with Crippen molar-refractivity contribution in [2.24, 2.45) is 0 Å². The highest BCUT2D eigenvalue weighted by molar-refractivity contribution is 6.35. The number of halogens is 2. The van der Waals surface area contributed by atoms with Gasteiger partial charge in [0.1, 0.15) is 5.82 Å². The fourth-order valence-corrected chi connectivity index (χ4v) is 2.72. The minimum Gasteiger partial charge on any atom is -0.381 e. The molecule has 2 aromatic rings. The van der Waals surface area contributed by atoms with E-state index in [-0.39, 0.29) is 0 Å². The third kappa shape index (κ3) is 3.66. The molecule has 2 rings (SSSR count). The third-order valence-corrected chi connectivity index (χ3v) is 3.63. The van der Waals surface area contributed by atoms with Crippen LogP contribution in [0.4, 0.5) is 0 Å². The topological polar surface area (TPSA) is 27.1 Å². The lowest BCUT2D eigenvalue weighted by molar-refractivity contribution is 0.129. The Morgan fingerprint density at radius 1 is 1.30 bits per heavy atom. The van der Waals surface area contributed by atoms with E-state index < -0.39 is 0 Å². The van der Waals surface area contributed by atoms with Crippen LogP contribution in [0.2, 0.25) is 5.02 Å². The second kappa shape index (κ2) is 7.87. The predicted molar refractivity (Wildman–Crippen MR) is 84.9 cm³/mol. The van der Waals surface area contributed by atoms with Crippen molar-refractivity contribution in [1.29, 1.82) is 0 Å². The molecule has 0 aliphatic carbocycles. The standard InChI is InChI=1S/C15H20Cl2N2O/c1-2-10-20-11-4-9-19-14(7-8-16)18-13-6-3-5-12(17)15(13)19/h3,5-6H,2,4,7-11H2,1H3. The van der Waals surface area contributed by atoms with Crippen LogP contribution < -0.4 is 0 Å². The van der Waals surface area contributed by atoms with Crippen molar-refractivity contribution in [2.45, 2.75) is 32.7 Å². The summed E-state index contributed by atoms with van der Waals surface area (Å²) >= 11 is 12.2. The summed E-state index contributed by atoms with van der Waals surface area (Å²) in [6.07, 6.45) is 2.76. The highest BCUT2D eigenvalue weighted by Gasteiger charge is 2.12. The fourth-order valence-electron chi connectivity index (χ4n) is 2.28. The molecule has 0 saturated heterocycles. The largest absolute Gasteiger partial charge is 0.381 e. The van der Waals surface area contributed by atoms with Crippen LogP contribution in [0.1, 0.15) is 25.6 Å². The second-order valence-electron chi connectivity index (χ2n) is 4.69. The molecule has 3 nitrogen and oxygen atoms in total. The molecule has 110 valence electrons. The van der Waals surface area contributed by atoms with Crippen molar-refractivity contribution in [3.8, 4) is 0 Å². The molecule has 5 heteroatoms. The number of rotatable bonds is 8. The Balaban J connectivity index is 2.17. The molecule has 0 bridgehead atoms. The molecular weight excluding hydrogens is 295 g/mol. The molecule has 20 heavy (non-hydrogen) atoms. The molecule has 0 atom stereocenters. The van der Waals surface area contributed by atoms with E-state index in [1.54, 1.807) is 0 Å². The summed E-state index contributed by atoms with van der Waals surface area (Å²) in [5.41, 5.74) is 1.94. The molecule has 0 N–H and O–H groups in total. The molecule has 0 amide bonds. The van der Waals surface area contributed by atoms with Crippen LogP contribution in [0.25, 0.3) is 11.0 Å². The first-order valence-corrected chi connectivity index (χ1v) is 7.96. The Bertz CT molecular complexity index is 554. The number of hydrogen-bond donors (Lipinski definition) is 0. The summed E-state index contributed by atoms with van der Waals surface area (Å²) in [4.78, 5) is 4.63. The van der Waals surface area contributed by atoms with Crippen LogP contribution in [-0.4, -0.2) is 28.6 Å². The smallest absolute Gasteiger partial charge is 0.111 e. The van der Waals surface area contributed by atoms with Gasteiger partial charge in [-0.1, -0.05) is 24.6 Å². The Morgan fingerprint density at radius 3 is 2.90 bits per heavy atom. The van der Waals surface area contributed by atoms with Crippen molar-refractivity contribution >= 4 is 34.2 Å². The van der Waals surface area contributed by atoms with Crippen molar-refractivity contribution in [2.75, 3.05) is 19.1 Å². The van der Waals surface area contributed by atoms with Gasteiger partial charge in [-0.05, 0) is 25.0 Å². The summed E-state index contributed by atoms with van der Waals surface area (Å²) in [7, 11) is 0. The number of benzene rings is 1. The third-order valence-electron chi connectivity index (χ3n) is 3.13. The van der Waals surface area contributed by atoms with Gasteiger partial charge in [-0.15, -0.1) is 11.6 Å². The molecule has 0 fully saturated rings. The molecule has 1 aromatic carbocycles. The maximum absolute atomic E-state index is 6.31.